The molecular weight excluding hydrogens is 238 g/mol. The predicted molar refractivity (Wildman–Crippen MR) is 69.7 cm³/mol. The summed E-state index contributed by atoms with van der Waals surface area (Å²) in [6, 6.07) is 4.32. The van der Waals surface area contributed by atoms with Crippen molar-refractivity contribution in [3.05, 3.63) is 38.0 Å². The molecule has 16 heavy (non-hydrogen) atoms. The maximum Gasteiger partial charge on any atom is 0.0950 e. The van der Waals surface area contributed by atoms with E-state index in [-0.39, 0.29) is 6.04 Å². The van der Waals surface area contributed by atoms with Crippen molar-refractivity contribution >= 4 is 22.7 Å². The van der Waals surface area contributed by atoms with Crippen LogP contribution in [-0.4, -0.2) is 4.98 Å². The molecule has 0 aliphatic heterocycles. The molecule has 0 saturated heterocycles. The van der Waals surface area contributed by atoms with Crippen LogP contribution in [0.5, 0.6) is 0 Å². The predicted octanol–water partition coefficient (Wildman–Crippen LogP) is 2.57. The van der Waals surface area contributed by atoms with E-state index in [2.05, 4.69) is 28.8 Å². The summed E-state index contributed by atoms with van der Waals surface area (Å²) in [4.78, 5) is 7.08. The van der Waals surface area contributed by atoms with Crippen molar-refractivity contribution in [2.75, 3.05) is 0 Å². The van der Waals surface area contributed by atoms with Crippen molar-refractivity contribution < 1.29 is 0 Å². The first-order valence-electron chi connectivity index (χ1n) is 5.13. The lowest BCUT2D eigenvalue weighted by molar-refractivity contribution is 0.559. The summed E-state index contributed by atoms with van der Waals surface area (Å²) in [6.07, 6.45) is 0.857. The zero-order chi connectivity index (χ0) is 11.5. The van der Waals surface area contributed by atoms with Crippen molar-refractivity contribution in [1.82, 2.24) is 10.4 Å². The first kappa shape index (κ1) is 11.7. The Balaban J connectivity index is 2.13. The molecule has 0 bridgehead atoms. The molecule has 1 unspecified atom stereocenters. The van der Waals surface area contributed by atoms with Crippen LogP contribution in [0.3, 0.4) is 0 Å². The van der Waals surface area contributed by atoms with E-state index >= 15 is 0 Å². The lowest BCUT2D eigenvalue weighted by Gasteiger charge is -2.11. The SMILES string of the molecule is Cc1nc(CC(NN)c2cccs2)sc1C. The number of hydrogen-bond acceptors (Lipinski definition) is 5. The van der Waals surface area contributed by atoms with Gasteiger partial charge in [0, 0.05) is 16.2 Å². The fourth-order valence-corrected chi connectivity index (χ4v) is 3.30. The molecule has 3 N–H and O–H groups in total. The van der Waals surface area contributed by atoms with Crippen molar-refractivity contribution in [2.24, 2.45) is 5.84 Å². The first-order valence-corrected chi connectivity index (χ1v) is 6.82. The van der Waals surface area contributed by atoms with Crippen LogP contribution in [0.15, 0.2) is 17.5 Å². The molecule has 0 aromatic carbocycles. The highest BCUT2D eigenvalue weighted by molar-refractivity contribution is 7.11. The Labute approximate surface area is 103 Å². The van der Waals surface area contributed by atoms with Gasteiger partial charge in [-0.05, 0) is 25.3 Å². The Bertz CT molecular complexity index is 428. The molecule has 5 heteroatoms. The van der Waals surface area contributed by atoms with Gasteiger partial charge in [-0.25, -0.2) is 4.98 Å². The third kappa shape index (κ3) is 2.49. The Kier molecular flexibility index (Phi) is 3.70. The fourth-order valence-electron chi connectivity index (χ4n) is 1.53. The van der Waals surface area contributed by atoms with Crippen LogP contribution in [0, 0.1) is 13.8 Å². The number of aromatic nitrogens is 1. The number of nitrogens with zero attached hydrogens (tertiary/aromatic N) is 1. The van der Waals surface area contributed by atoms with E-state index in [1.165, 1.54) is 9.75 Å². The number of aryl methyl sites for hydroxylation is 2. The Morgan fingerprint density at radius 1 is 1.50 bits per heavy atom. The highest BCUT2D eigenvalue weighted by Crippen LogP contribution is 2.25. The van der Waals surface area contributed by atoms with Crippen molar-refractivity contribution in [2.45, 2.75) is 26.3 Å². The van der Waals surface area contributed by atoms with E-state index in [0.717, 1.165) is 17.1 Å². The molecule has 2 aromatic rings. The van der Waals surface area contributed by atoms with Crippen LogP contribution < -0.4 is 11.3 Å². The summed E-state index contributed by atoms with van der Waals surface area (Å²) in [5.41, 5.74) is 3.99. The van der Waals surface area contributed by atoms with E-state index in [9.17, 15) is 0 Å². The smallest absolute Gasteiger partial charge is 0.0950 e. The van der Waals surface area contributed by atoms with Gasteiger partial charge in [-0.1, -0.05) is 6.07 Å². The number of hydrogen-bond donors (Lipinski definition) is 2. The number of thiazole rings is 1. The van der Waals surface area contributed by atoms with Crippen molar-refractivity contribution in [3.63, 3.8) is 0 Å². The Hall–Kier alpha value is -0.750. The monoisotopic (exact) mass is 253 g/mol. The van der Waals surface area contributed by atoms with Gasteiger partial charge in [0.2, 0.25) is 0 Å². The normalized spacial score (nSPS) is 12.9. The first-order chi connectivity index (χ1) is 7.70. The van der Waals surface area contributed by atoms with Crippen molar-refractivity contribution in [3.8, 4) is 0 Å². The van der Waals surface area contributed by atoms with Crippen LogP contribution >= 0.6 is 22.7 Å². The van der Waals surface area contributed by atoms with E-state index < -0.39 is 0 Å². The maximum absolute atomic E-state index is 5.59. The molecule has 2 heterocycles. The summed E-state index contributed by atoms with van der Waals surface area (Å²) in [6.45, 7) is 4.15. The van der Waals surface area contributed by atoms with Crippen LogP contribution in [0.1, 0.15) is 26.5 Å². The molecule has 0 amide bonds. The lowest BCUT2D eigenvalue weighted by Crippen LogP contribution is -2.28. The summed E-state index contributed by atoms with van der Waals surface area (Å²) in [5, 5.41) is 3.21. The van der Waals surface area contributed by atoms with Crippen LogP contribution in [0.2, 0.25) is 0 Å². The summed E-state index contributed by atoms with van der Waals surface area (Å²) in [5.74, 6) is 5.59. The minimum absolute atomic E-state index is 0.171. The molecule has 0 aliphatic rings. The average molecular weight is 253 g/mol. The van der Waals surface area contributed by atoms with Gasteiger partial charge >= 0.3 is 0 Å². The molecule has 0 fully saturated rings. The van der Waals surface area contributed by atoms with E-state index in [0.29, 0.717) is 0 Å². The third-order valence-corrected chi connectivity index (χ3v) is 4.62. The lowest BCUT2D eigenvalue weighted by atomic mass is 10.2. The molecule has 2 rings (SSSR count). The van der Waals surface area contributed by atoms with Gasteiger partial charge in [0.1, 0.15) is 0 Å². The van der Waals surface area contributed by atoms with Crippen LogP contribution in [-0.2, 0) is 6.42 Å². The molecule has 2 aromatic heterocycles. The second-order valence-corrected chi connectivity index (χ2v) is 5.96. The van der Waals surface area contributed by atoms with Gasteiger partial charge in [0.25, 0.3) is 0 Å². The molecule has 86 valence electrons. The molecule has 0 aliphatic carbocycles. The maximum atomic E-state index is 5.59. The number of nitrogens with two attached hydrogens (primary N) is 1. The molecule has 1 atom stereocenters. The van der Waals surface area contributed by atoms with E-state index in [1.54, 1.807) is 22.7 Å². The standard InChI is InChI=1S/C11H15N3S2/c1-7-8(2)16-11(13-7)6-9(14-12)10-4-3-5-15-10/h3-5,9,14H,6,12H2,1-2H3. The van der Waals surface area contributed by atoms with Gasteiger partial charge < -0.3 is 0 Å². The van der Waals surface area contributed by atoms with E-state index in [1.807, 2.05) is 13.0 Å². The Morgan fingerprint density at radius 2 is 2.31 bits per heavy atom. The highest BCUT2D eigenvalue weighted by Gasteiger charge is 2.14. The second kappa shape index (κ2) is 5.05. The second-order valence-electron chi connectivity index (χ2n) is 3.69. The molecular formula is C11H15N3S2. The molecule has 0 saturated carbocycles. The summed E-state index contributed by atoms with van der Waals surface area (Å²) < 4.78 is 0. The van der Waals surface area contributed by atoms with Gasteiger partial charge in [-0.3, -0.25) is 11.3 Å². The van der Waals surface area contributed by atoms with Crippen LogP contribution in [0.25, 0.3) is 0 Å². The zero-order valence-corrected chi connectivity index (χ0v) is 11.0. The summed E-state index contributed by atoms with van der Waals surface area (Å²) >= 11 is 3.47. The number of nitrogens with one attached hydrogen (secondary N) is 1. The van der Waals surface area contributed by atoms with Gasteiger partial charge in [-0.2, -0.15) is 0 Å². The highest BCUT2D eigenvalue weighted by atomic mass is 32.1. The molecule has 0 radical (unpaired) electrons. The Morgan fingerprint density at radius 3 is 2.81 bits per heavy atom. The third-order valence-electron chi connectivity index (χ3n) is 2.54. The minimum atomic E-state index is 0.171. The number of hydrazine groups is 1. The van der Waals surface area contributed by atoms with E-state index in [4.69, 9.17) is 5.84 Å². The van der Waals surface area contributed by atoms with Gasteiger partial charge in [0.15, 0.2) is 0 Å². The molecule has 3 nitrogen and oxygen atoms in total. The van der Waals surface area contributed by atoms with Crippen LogP contribution in [0.4, 0.5) is 0 Å². The van der Waals surface area contributed by atoms with Gasteiger partial charge in [-0.15, -0.1) is 22.7 Å². The fraction of sp³-hybridized carbons (Fsp3) is 0.364. The zero-order valence-electron chi connectivity index (χ0n) is 9.36. The minimum Gasteiger partial charge on any atom is -0.271 e. The average Bonchev–Trinajstić information content (AvgIpc) is 2.86. The number of rotatable bonds is 4. The largest absolute Gasteiger partial charge is 0.271 e. The van der Waals surface area contributed by atoms with Gasteiger partial charge in [0.05, 0.1) is 16.7 Å². The molecule has 0 spiro atoms. The number of thiophene rings is 1. The summed E-state index contributed by atoms with van der Waals surface area (Å²) in [7, 11) is 0. The van der Waals surface area contributed by atoms with Crippen molar-refractivity contribution in [1.29, 1.82) is 0 Å². The topological polar surface area (TPSA) is 50.9 Å². The quantitative estimate of drug-likeness (QED) is 0.650.